The van der Waals surface area contributed by atoms with E-state index in [0.29, 0.717) is 12.0 Å². The van der Waals surface area contributed by atoms with Crippen LogP contribution in [0.3, 0.4) is 0 Å². The maximum absolute atomic E-state index is 13.7. The third-order valence-corrected chi connectivity index (χ3v) is 3.69. The fourth-order valence-electron chi connectivity index (χ4n) is 1.96. The molecule has 2 rings (SSSR count). The van der Waals surface area contributed by atoms with E-state index in [1.54, 1.807) is 12.1 Å². The van der Waals surface area contributed by atoms with E-state index in [9.17, 15) is 9.50 Å². The largest absolute Gasteiger partial charge is 0.391 e. The smallest absolute Gasteiger partial charge is 0.128 e. The number of rotatable bonds is 4. The number of nitrogens with two attached hydrogens (primary N) is 1. The minimum Gasteiger partial charge on any atom is -0.391 e. The maximum atomic E-state index is 13.7. The van der Waals surface area contributed by atoms with E-state index in [1.165, 1.54) is 6.07 Å². The van der Waals surface area contributed by atoms with Crippen LogP contribution in [0.2, 0.25) is 0 Å². The summed E-state index contributed by atoms with van der Waals surface area (Å²) in [7, 11) is 0. The van der Waals surface area contributed by atoms with Gasteiger partial charge in [-0.1, -0.05) is 30.3 Å². The highest BCUT2D eigenvalue weighted by Crippen LogP contribution is 2.22. The van der Waals surface area contributed by atoms with Gasteiger partial charge in [0.25, 0.3) is 0 Å². The number of aliphatic hydroxyl groups excluding tert-OH is 1. The summed E-state index contributed by atoms with van der Waals surface area (Å²) >= 11 is 2.10. The van der Waals surface area contributed by atoms with Crippen molar-refractivity contribution in [1.82, 2.24) is 0 Å². The second-order valence-corrected chi connectivity index (χ2v) is 5.69. The summed E-state index contributed by atoms with van der Waals surface area (Å²) in [5.41, 5.74) is 7.30. The zero-order chi connectivity index (χ0) is 13.8. The molecular weight excluding hydrogens is 392 g/mol. The first kappa shape index (κ1) is 17.4. The molecule has 0 heterocycles. The Morgan fingerprint density at radius 2 is 1.80 bits per heavy atom. The van der Waals surface area contributed by atoms with Crippen molar-refractivity contribution < 1.29 is 9.50 Å². The van der Waals surface area contributed by atoms with Gasteiger partial charge in [-0.3, -0.25) is 0 Å². The van der Waals surface area contributed by atoms with Gasteiger partial charge in [-0.25, -0.2) is 4.39 Å². The van der Waals surface area contributed by atoms with Gasteiger partial charge in [-0.2, -0.15) is 0 Å². The third-order valence-electron chi connectivity index (χ3n) is 3.02. The lowest BCUT2D eigenvalue weighted by atomic mass is 9.96. The van der Waals surface area contributed by atoms with Crippen LogP contribution < -0.4 is 5.73 Å². The minimum absolute atomic E-state index is 0. The van der Waals surface area contributed by atoms with Gasteiger partial charge in [0, 0.05) is 15.6 Å². The van der Waals surface area contributed by atoms with Gasteiger partial charge in [0.2, 0.25) is 0 Å². The lowest BCUT2D eigenvalue weighted by molar-refractivity contribution is 0.143. The molecule has 0 aromatic heterocycles. The summed E-state index contributed by atoms with van der Waals surface area (Å²) < 4.78 is 14.6. The predicted octanol–water partition coefficient (Wildman–Crippen LogP) is 3.46. The molecular formula is C15H16ClFINO. The SMILES string of the molecule is Cl.N[C@@H](c1cc(I)ccc1F)[C@H](O)Cc1ccccc1. The number of hydrogen-bond donors (Lipinski definition) is 2. The number of hydrogen-bond acceptors (Lipinski definition) is 2. The van der Waals surface area contributed by atoms with Crippen LogP contribution in [0.5, 0.6) is 0 Å². The van der Waals surface area contributed by atoms with E-state index in [2.05, 4.69) is 22.6 Å². The molecule has 2 aromatic carbocycles. The number of aliphatic hydroxyl groups is 1. The Hall–Kier alpha value is -0.690. The molecule has 0 bridgehead atoms. The van der Waals surface area contributed by atoms with Crippen LogP contribution in [0.15, 0.2) is 48.5 Å². The molecule has 0 amide bonds. The van der Waals surface area contributed by atoms with E-state index in [4.69, 9.17) is 5.73 Å². The van der Waals surface area contributed by atoms with Crippen LogP contribution in [-0.4, -0.2) is 11.2 Å². The summed E-state index contributed by atoms with van der Waals surface area (Å²) in [5, 5.41) is 10.1. The molecule has 0 saturated heterocycles. The Morgan fingerprint density at radius 1 is 1.15 bits per heavy atom. The summed E-state index contributed by atoms with van der Waals surface area (Å²) in [5.74, 6) is -0.375. The van der Waals surface area contributed by atoms with Crippen molar-refractivity contribution in [2.45, 2.75) is 18.6 Å². The van der Waals surface area contributed by atoms with Crippen molar-refractivity contribution in [3.63, 3.8) is 0 Å². The quantitative estimate of drug-likeness (QED) is 0.763. The van der Waals surface area contributed by atoms with Gasteiger partial charge in [0.05, 0.1) is 12.1 Å². The summed E-state index contributed by atoms with van der Waals surface area (Å²) in [6.07, 6.45) is -0.400. The fourth-order valence-corrected chi connectivity index (χ4v) is 2.48. The highest BCUT2D eigenvalue weighted by atomic mass is 127. The average Bonchev–Trinajstić information content (AvgIpc) is 2.42. The normalized spacial score (nSPS) is 13.4. The van der Waals surface area contributed by atoms with E-state index < -0.39 is 12.1 Å². The van der Waals surface area contributed by atoms with E-state index >= 15 is 0 Å². The molecule has 0 saturated carbocycles. The highest BCUT2D eigenvalue weighted by Gasteiger charge is 2.20. The first-order valence-electron chi connectivity index (χ1n) is 6.00. The topological polar surface area (TPSA) is 46.2 Å². The predicted molar refractivity (Wildman–Crippen MR) is 89.4 cm³/mol. The zero-order valence-corrected chi connectivity index (χ0v) is 13.6. The zero-order valence-electron chi connectivity index (χ0n) is 10.7. The molecule has 5 heteroatoms. The number of halogens is 3. The molecule has 0 fully saturated rings. The van der Waals surface area contributed by atoms with Crippen LogP contribution in [-0.2, 0) is 6.42 Å². The molecule has 20 heavy (non-hydrogen) atoms. The summed E-state index contributed by atoms with van der Waals surface area (Å²) in [4.78, 5) is 0. The second kappa shape index (κ2) is 7.93. The van der Waals surface area contributed by atoms with Gasteiger partial charge in [-0.15, -0.1) is 12.4 Å². The van der Waals surface area contributed by atoms with Crippen molar-refractivity contribution in [1.29, 1.82) is 0 Å². The third kappa shape index (κ3) is 4.41. The van der Waals surface area contributed by atoms with Gasteiger partial charge in [-0.05, 0) is 46.4 Å². The van der Waals surface area contributed by atoms with Gasteiger partial charge >= 0.3 is 0 Å². The number of benzene rings is 2. The summed E-state index contributed by atoms with van der Waals surface area (Å²) in [6.45, 7) is 0. The first-order chi connectivity index (χ1) is 9.08. The van der Waals surface area contributed by atoms with Crippen LogP contribution in [0.25, 0.3) is 0 Å². The first-order valence-corrected chi connectivity index (χ1v) is 7.08. The minimum atomic E-state index is -0.810. The lowest BCUT2D eigenvalue weighted by Crippen LogP contribution is -2.29. The average molecular weight is 408 g/mol. The van der Waals surface area contributed by atoms with Crippen molar-refractivity contribution in [2.24, 2.45) is 5.73 Å². The molecule has 2 atom stereocenters. The molecule has 0 radical (unpaired) electrons. The molecule has 0 unspecified atom stereocenters. The Labute approximate surface area is 137 Å². The van der Waals surface area contributed by atoms with Gasteiger partial charge in [0.1, 0.15) is 5.82 Å². The van der Waals surface area contributed by atoms with Gasteiger partial charge < -0.3 is 10.8 Å². The van der Waals surface area contributed by atoms with Gasteiger partial charge in [0.15, 0.2) is 0 Å². The van der Waals surface area contributed by atoms with Crippen molar-refractivity contribution in [2.75, 3.05) is 0 Å². The highest BCUT2D eigenvalue weighted by molar-refractivity contribution is 14.1. The molecule has 0 aliphatic heterocycles. The van der Waals surface area contributed by atoms with Crippen LogP contribution >= 0.6 is 35.0 Å². The molecule has 2 aromatic rings. The monoisotopic (exact) mass is 407 g/mol. The molecule has 108 valence electrons. The lowest BCUT2D eigenvalue weighted by Gasteiger charge is -2.20. The molecule has 0 spiro atoms. The molecule has 0 aliphatic rings. The van der Waals surface area contributed by atoms with Crippen molar-refractivity contribution in [3.8, 4) is 0 Å². The Balaban J connectivity index is 0.00000200. The van der Waals surface area contributed by atoms with E-state index in [1.807, 2.05) is 30.3 Å². The standard InChI is InChI=1S/C15H15FINO.ClH/c16-13-7-6-11(17)9-12(13)15(18)14(19)8-10-4-2-1-3-5-10;/h1-7,9,14-15,19H,8,18H2;1H/t14-,15+;/m1./s1. The van der Waals surface area contributed by atoms with Crippen LogP contribution in [0.4, 0.5) is 4.39 Å². The van der Waals surface area contributed by atoms with E-state index in [-0.39, 0.29) is 18.2 Å². The molecule has 3 N–H and O–H groups in total. The van der Waals surface area contributed by atoms with Crippen LogP contribution in [0, 0.1) is 9.39 Å². The van der Waals surface area contributed by atoms with Crippen molar-refractivity contribution in [3.05, 3.63) is 69.0 Å². The maximum Gasteiger partial charge on any atom is 0.128 e. The Kier molecular flexibility index (Phi) is 6.88. The summed E-state index contributed by atoms with van der Waals surface area (Å²) in [6, 6.07) is 13.6. The fraction of sp³-hybridized carbons (Fsp3) is 0.200. The van der Waals surface area contributed by atoms with E-state index in [0.717, 1.165) is 9.13 Å². The second-order valence-electron chi connectivity index (χ2n) is 4.45. The van der Waals surface area contributed by atoms with Crippen LogP contribution in [0.1, 0.15) is 17.2 Å². The molecule has 0 aliphatic carbocycles. The molecule has 2 nitrogen and oxygen atoms in total. The van der Waals surface area contributed by atoms with Crippen molar-refractivity contribution >= 4 is 35.0 Å². The Bertz CT molecular complexity index is 553. The Morgan fingerprint density at radius 3 is 2.45 bits per heavy atom.